The number of rotatable bonds is 8. The summed E-state index contributed by atoms with van der Waals surface area (Å²) in [6.45, 7) is 8.80. The van der Waals surface area contributed by atoms with Crippen molar-refractivity contribution < 1.29 is 14.3 Å². The van der Waals surface area contributed by atoms with Crippen LogP contribution in [0.1, 0.15) is 20.8 Å². The van der Waals surface area contributed by atoms with Gasteiger partial charge >= 0.3 is 0 Å². The highest BCUT2D eigenvalue weighted by atomic mass is 35.5. The van der Waals surface area contributed by atoms with E-state index in [-0.39, 0.29) is 38.1 Å². The zero-order valence-electron chi connectivity index (χ0n) is 25.1. The highest BCUT2D eigenvalue weighted by Crippen LogP contribution is 2.45. The quantitative estimate of drug-likeness (QED) is 0.284. The number of piperazine rings is 1. The molecule has 3 heterocycles. The van der Waals surface area contributed by atoms with E-state index in [0.29, 0.717) is 73.3 Å². The monoisotopic (exact) mass is 627 g/mol. The molecule has 0 bridgehead atoms. The maximum atomic E-state index is 14.1. The lowest BCUT2D eigenvalue weighted by Crippen LogP contribution is -2.50. The number of hydrogen-bond acceptors (Lipinski definition) is 9. The first-order valence-corrected chi connectivity index (χ1v) is 14.5. The lowest BCUT2D eigenvalue weighted by atomic mass is 9.93. The second-order valence-electron chi connectivity index (χ2n) is 11.2. The Kier molecular flexibility index (Phi) is 9.85. The number of allylic oxidation sites excluding steroid dienone is 1. The van der Waals surface area contributed by atoms with E-state index in [1.807, 2.05) is 20.8 Å². The fraction of sp³-hybridized carbons (Fsp3) is 0.433. The molecule has 1 aliphatic rings. The van der Waals surface area contributed by atoms with Crippen LogP contribution in [0.15, 0.2) is 34.8 Å². The number of carbonyl (C=O) groups is 1. The maximum Gasteiger partial charge on any atom is 0.264 e. The first kappa shape index (κ1) is 32.1. The zero-order chi connectivity index (χ0) is 31.5. The number of fused-ring (bicyclic) bond motifs is 1. The van der Waals surface area contributed by atoms with Gasteiger partial charge in [0.05, 0.1) is 29.8 Å². The molecule has 1 fully saturated rings. The number of methoxy groups -OCH3 is 2. The molecule has 228 valence electrons. The molecule has 43 heavy (non-hydrogen) atoms. The average molecular weight is 629 g/mol. The fourth-order valence-electron chi connectivity index (χ4n) is 4.95. The van der Waals surface area contributed by atoms with Crippen LogP contribution in [0.4, 0.5) is 5.95 Å². The van der Waals surface area contributed by atoms with Crippen molar-refractivity contribution in [3.05, 3.63) is 50.4 Å². The third-order valence-electron chi connectivity index (χ3n) is 7.12. The smallest absolute Gasteiger partial charge is 0.264 e. The number of amides is 1. The molecule has 1 aliphatic heterocycles. The van der Waals surface area contributed by atoms with Crippen molar-refractivity contribution in [3.8, 4) is 28.7 Å². The molecule has 11 nitrogen and oxygen atoms in total. The number of pyridine rings is 1. The van der Waals surface area contributed by atoms with Crippen molar-refractivity contribution in [3.63, 3.8) is 0 Å². The van der Waals surface area contributed by atoms with Crippen LogP contribution in [0.3, 0.4) is 0 Å². The first-order chi connectivity index (χ1) is 20.4. The molecule has 1 saturated heterocycles. The van der Waals surface area contributed by atoms with Crippen LogP contribution in [0, 0.1) is 16.7 Å². The lowest BCUT2D eigenvalue weighted by molar-refractivity contribution is -0.128. The molecule has 0 spiro atoms. The number of halogens is 2. The van der Waals surface area contributed by atoms with Crippen LogP contribution in [-0.4, -0.2) is 84.2 Å². The molecule has 2 aromatic heterocycles. The SMILES string of the molecule is CNc1ncc2cc(-c3c(Cl)c(OC)cc(OC)c3Cl)c(=O)n(CCN3CCN(C(=O)C(C#N)=CC(C)(C)C)CC3)c2n1. The molecule has 4 rings (SSSR count). The molecule has 0 atom stereocenters. The van der Waals surface area contributed by atoms with Gasteiger partial charge in [-0.15, -0.1) is 0 Å². The van der Waals surface area contributed by atoms with E-state index < -0.39 is 0 Å². The summed E-state index contributed by atoms with van der Waals surface area (Å²) in [7, 11) is 4.65. The number of benzene rings is 1. The van der Waals surface area contributed by atoms with Gasteiger partial charge in [0, 0.05) is 69.5 Å². The molecule has 0 saturated carbocycles. The van der Waals surface area contributed by atoms with Gasteiger partial charge in [0.2, 0.25) is 5.95 Å². The fourth-order valence-corrected chi connectivity index (χ4v) is 5.65. The van der Waals surface area contributed by atoms with Gasteiger partial charge < -0.3 is 19.7 Å². The second kappa shape index (κ2) is 13.2. The van der Waals surface area contributed by atoms with E-state index >= 15 is 0 Å². The number of ether oxygens (including phenoxy) is 2. The van der Waals surface area contributed by atoms with Crippen LogP contribution in [0.25, 0.3) is 22.2 Å². The van der Waals surface area contributed by atoms with Gasteiger partial charge in [-0.05, 0) is 11.5 Å². The number of nitriles is 1. The van der Waals surface area contributed by atoms with Gasteiger partial charge in [-0.3, -0.25) is 19.1 Å². The van der Waals surface area contributed by atoms with Gasteiger partial charge in [0.15, 0.2) is 0 Å². The normalized spacial score (nSPS) is 14.5. The van der Waals surface area contributed by atoms with Gasteiger partial charge in [-0.1, -0.05) is 50.0 Å². The molecule has 0 aliphatic carbocycles. The Morgan fingerprint density at radius 2 is 1.72 bits per heavy atom. The van der Waals surface area contributed by atoms with E-state index in [2.05, 4.69) is 26.3 Å². The minimum atomic E-state index is -0.341. The molecular weight excluding hydrogens is 593 g/mol. The van der Waals surface area contributed by atoms with Gasteiger partial charge in [-0.25, -0.2) is 4.98 Å². The number of nitrogens with zero attached hydrogens (tertiary/aromatic N) is 6. The topological polar surface area (TPSA) is 126 Å². The van der Waals surface area contributed by atoms with Crippen LogP contribution in [0.2, 0.25) is 10.0 Å². The Balaban J connectivity index is 1.66. The van der Waals surface area contributed by atoms with Crippen molar-refractivity contribution in [2.45, 2.75) is 27.3 Å². The van der Waals surface area contributed by atoms with Crippen LogP contribution < -0.4 is 20.3 Å². The minimum Gasteiger partial charge on any atom is -0.495 e. The third-order valence-corrected chi connectivity index (χ3v) is 7.87. The lowest BCUT2D eigenvalue weighted by Gasteiger charge is -2.35. The summed E-state index contributed by atoms with van der Waals surface area (Å²) in [6.07, 6.45) is 3.35. The highest BCUT2D eigenvalue weighted by molar-refractivity contribution is 6.41. The third kappa shape index (κ3) is 6.88. The van der Waals surface area contributed by atoms with E-state index in [1.54, 1.807) is 40.9 Å². The number of nitrogens with one attached hydrogen (secondary N) is 1. The number of aromatic nitrogens is 3. The summed E-state index contributed by atoms with van der Waals surface area (Å²) in [5.41, 5.74) is 0.533. The van der Waals surface area contributed by atoms with Crippen molar-refractivity contribution >= 4 is 46.1 Å². The van der Waals surface area contributed by atoms with E-state index in [9.17, 15) is 14.9 Å². The molecular formula is C30H35Cl2N7O4. The summed E-state index contributed by atoms with van der Waals surface area (Å²) in [5, 5.41) is 13.5. The summed E-state index contributed by atoms with van der Waals surface area (Å²) in [4.78, 5) is 39.9. The minimum absolute atomic E-state index is 0.155. The predicted octanol–water partition coefficient (Wildman–Crippen LogP) is 4.46. The Morgan fingerprint density at radius 1 is 1.09 bits per heavy atom. The van der Waals surface area contributed by atoms with Gasteiger partial charge in [0.25, 0.3) is 11.5 Å². The van der Waals surface area contributed by atoms with Crippen molar-refractivity contribution in [2.75, 3.05) is 59.3 Å². The molecule has 0 unspecified atom stereocenters. The van der Waals surface area contributed by atoms with Crippen LogP contribution in [-0.2, 0) is 11.3 Å². The molecule has 0 radical (unpaired) electrons. The Morgan fingerprint density at radius 3 is 2.26 bits per heavy atom. The summed E-state index contributed by atoms with van der Waals surface area (Å²) >= 11 is 13.4. The van der Waals surface area contributed by atoms with Crippen molar-refractivity contribution in [1.29, 1.82) is 5.26 Å². The Labute approximate surface area is 260 Å². The van der Waals surface area contributed by atoms with Crippen LogP contribution >= 0.6 is 23.2 Å². The average Bonchev–Trinajstić information content (AvgIpc) is 2.99. The van der Waals surface area contributed by atoms with Crippen molar-refractivity contribution in [1.82, 2.24) is 24.3 Å². The molecule has 3 aromatic rings. The van der Waals surface area contributed by atoms with Gasteiger partial charge in [0.1, 0.15) is 28.8 Å². The summed E-state index contributed by atoms with van der Waals surface area (Å²) < 4.78 is 12.4. The van der Waals surface area contributed by atoms with E-state index in [4.69, 9.17) is 32.7 Å². The van der Waals surface area contributed by atoms with Crippen molar-refractivity contribution in [2.24, 2.45) is 5.41 Å². The van der Waals surface area contributed by atoms with Crippen LogP contribution in [0.5, 0.6) is 11.5 Å². The largest absolute Gasteiger partial charge is 0.495 e. The zero-order valence-corrected chi connectivity index (χ0v) is 26.6. The highest BCUT2D eigenvalue weighted by Gasteiger charge is 2.26. The second-order valence-corrected chi connectivity index (χ2v) is 11.9. The maximum absolute atomic E-state index is 14.1. The predicted molar refractivity (Wildman–Crippen MR) is 168 cm³/mol. The number of hydrogen-bond donors (Lipinski definition) is 1. The summed E-state index contributed by atoms with van der Waals surface area (Å²) in [6, 6.07) is 5.29. The molecule has 1 aromatic carbocycles. The Hall–Kier alpha value is -3.85. The Bertz CT molecular complexity index is 1640. The number of carbonyl (C=O) groups excluding carboxylic acids is 1. The summed E-state index contributed by atoms with van der Waals surface area (Å²) in [5.74, 6) is 0.743. The molecule has 1 N–H and O–H groups in total. The van der Waals surface area contributed by atoms with Gasteiger partial charge in [-0.2, -0.15) is 10.2 Å². The van der Waals surface area contributed by atoms with E-state index in [0.717, 1.165) is 0 Å². The molecule has 13 heteroatoms. The standard InChI is InChI=1S/C30H35Cl2N7O4/c1-30(2,3)15-19(16-33)27(40)38-10-7-37(8-11-38)9-12-39-26-18(17-35-29(34-4)36-26)13-20(28(39)41)23-24(31)21(42-5)14-22(43-6)25(23)32/h13-15,17H,7-12H2,1-6H3,(H,34,35,36). The first-order valence-electron chi connectivity index (χ1n) is 13.8. The molecule has 1 amide bonds. The number of anilines is 1. The van der Waals surface area contributed by atoms with E-state index in [1.165, 1.54) is 14.2 Å².